The first-order valence-electron chi connectivity index (χ1n) is 6.02. The number of anilines is 1. The molecule has 0 bridgehead atoms. The molecule has 0 unspecified atom stereocenters. The van der Waals surface area contributed by atoms with E-state index in [1.165, 1.54) is 12.1 Å². The van der Waals surface area contributed by atoms with E-state index in [1.54, 1.807) is 25.3 Å². The number of nitrogens with zero attached hydrogens (tertiary/aromatic N) is 1. The zero-order valence-electron chi connectivity index (χ0n) is 11.1. The Balaban J connectivity index is 2.15. The molecule has 0 spiro atoms. The van der Waals surface area contributed by atoms with Crippen LogP contribution in [0, 0.1) is 15.9 Å². The molecule has 0 heterocycles. The number of benzene rings is 2. The smallest absolute Gasteiger partial charge is 0.305 e. The van der Waals surface area contributed by atoms with Crippen LogP contribution in [-0.4, -0.2) is 12.0 Å². The van der Waals surface area contributed by atoms with Gasteiger partial charge in [-0.2, -0.15) is 4.39 Å². The lowest BCUT2D eigenvalue weighted by molar-refractivity contribution is -0.387. The van der Waals surface area contributed by atoms with Crippen LogP contribution >= 0.6 is 15.9 Å². The van der Waals surface area contributed by atoms with Gasteiger partial charge in [0.15, 0.2) is 0 Å². The van der Waals surface area contributed by atoms with Crippen LogP contribution in [-0.2, 0) is 6.54 Å². The van der Waals surface area contributed by atoms with Crippen LogP contribution in [0.3, 0.4) is 0 Å². The number of hydrogen-bond donors (Lipinski definition) is 1. The molecule has 5 nitrogen and oxygen atoms in total. The predicted octanol–water partition coefficient (Wildman–Crippen LogP) is 4.12. The van der Waals surface area contributed by atoms with Crippen molar-refractivity contribution in [2.45, 2.75) is 6.54 Å². The summed E-state index contributed by atoms with van der Waals surface area (Å²) >= 11 is 3.35. The van der Waals surface area contributed by atoms with Crippen LogP contribution < -0.4 is 10.1 Å². The van der Waals surface area contributed by atoms with E-state index in [-0.39, 0.29) is 12.1 Å². The van der Waals surface area contributed by atoms with Crippen LogP contribution in [0.15, 0.2) is 40.9 Å². The number of nitrogens with one attached hydrogen (secondary N) is 1. The van der Waals surface area contributed by atoms with Crippen LogP contribution in [0.1, 0.15) is 5.56 Å². The highest BCUT2D eigenvalue weighted by atomic mass is 79.9. The lowest BCUT2D eigenvalue weighted by atomic mass is 10.2. The third-order valence-electron chi connectivity index (χ3n) is 2.89. The second-order valence-corrected chi connectivity index (χ2v) is 5.06. The highest BCUT2D eigenvalue weighted by Gasteiger charge is 2.16. The van der Waals surface area contributed by atoms with Crippen LogP contribution in [0.2, 0.25) is 0 Å². The maximum Gasteiger partial charge on any atom is 0.305 e. The Hall–Kier alpha value is -2.15. The van der Waals surface area contributed by atoms with Crippen LogP contribution in [0.25, 0.3) is 0 Å². The zero-order valence-corrected chi connectivity index (χ0v) is 12.7. The van der Waals surface area contributed by atoms with Gasteiger partial charge in [-0.15, -0.1) is 0 Å². The number of hydrogen-bond acceptors (Lipinski definition) is 4. The van der Waals surface area contributed by atoms with Gasteiger partial charge in [-0.3, -0.25) is 10.1 Å². The number of nitro benzene ring substituents is 1. The number of ether oxygens (including phenoxy) is 1. The highest BCUT2D eigenvalue weighted by Crippen LogP contribution is 2.28. The standard InChI is InChI=1S/C14H12BrFN2O3/c1-21-13-6-5-10(7-11(13)15)17-8-9-3-2-4-12(14(9)16)18(19)20/h2-7,17H,8H2,1H3. The molecule has 0 saturated heterocycles. The van der Waals surface area contributed by atoms with Gasteiger partial charge in [0.05, 0.1) is 16.5 Å². The normalized spacial score (nSPS) is 10.2. The summed E-state index contributed by atoms with van der Waals surface area (Å²) in [5.41, 5.74) is 0.454. The summed E-state index contributed by atoms with van der Waals surface area (Å²) < 4.78 is 19.8. The Morgan fingerprint density at radius 2 is 2.14 bits per heavy atom. The summed E-state index contributed by atoms with van der Waals surface area (Å²) in [6.07, 6.45) is 0. The fourth-order valence-corrected chi connectivity index (χ4v) is 2.36. The molecule has 0 saturated carbocycles. The second-order valence-electron chi connectivity index (χ2n) is 4.21. The van der Waals surface area contributed by atoms with Crippen molar-refractivity contribution in [3.8, 4) is 5.75 Å². The molecule has 0 fully saturated rings. The minimum absolute atomic E-state index is 0.145. The molecule has 2 rings (SSSR count). The van der Waals surface area contributed by atoms with Crippen LogP contribution in [0.4, 0.5) is 15.8 Å². The van der Waals surface area contributed by atoms with Gasteiger partial charge in [-0.25, -0.2) is 0 Å². The molecule has 0 aromatic heterocycles. The van der Waals surface area contributed by atoms with Crippen molar-refractivity contribution in [1.82, 2.24) is 0 Å². The fraction of sp³-hybridized carbons (Fsp3) is 0.143. The summed E-state index contributed by atoms with van der Waals surface area (Å²) in [5, 5.41) is 13.7. The summed E-state index contributed by atoms with van der Waals surface area (Å²) in [6, 6.07) is 9.43. The van der Waals surface area contributed by atoms with Crippen molar-refractivity contribution in [3.05, 3.63) is 62.4 Å². The third kappa shape index (κ3) is 3.49. The summed E-state index contributed by atoms with van der Waals surface area (Å²) in [7, 11) is 1.56. The van der Waals surface area contributed by atoms with Gasteiger partial charge in [-0.05, 0) is 34.1 Å². The Labute approximate surface area is 129 Å². The molecule has 0 aliphatic rings. The van der Waals surface area contributed by atoms with Gasteiger partial charge in [-0.1, -0.05) is 12.1 Å². The quantitative estimate of drug-likeness (QED) is 0.647. The van der Waals surface area contributed by atoms with E-state index in [4.69, 9.17) is 4.74 Å². The van der Waals surface area contributed by atoms with E-state index in [0.29, 0.717) is 5.75 Å². The van der Waals surface area contributed by atoms with Gasteiger partial charge >= 0.3 is 5.69 Å². The van der Waals surface area contributed by atoms with Gasteiger partial charge < -0.3 is 10.1 Å². The topological polar surface area (TPSA) is 64.4 Å². The van der Waals surface area contributed by atoms with Gasteiger partial charge in [0.2, 0.25) is 5.82 Å². The Morgan fingerprint density at radius 3 is 2.76 bits per heavy atom. The maximum atomic E-state index is 13.9. The minimum atomic E-state index is -0.817. The second kappa shape index (κ2) is 6.53. The maximum absolute atomic E-state index is 13.9. The van der Waals surface area contributed by atoms with Crippen molar-refractivity contribution >= 4 is 27.3 Å². The van der Waals surface area contributed by atoms with Crippen molar-refractivity contribution in [2.24, 2.45) is 0 Å². The minimum Gasteiger partial charge on any atom is -0.496 e. The molecule has 1 N–H and O–H groups in total. The molecule has 0 aliphatic carbocycles. The van der Waals surface area contributed by atoms with Gasteiger partial charge in [0.25, 0.3) is 0 Å². The molecule has 110 valence electrons. The van der Waals surface area contributed by atoms with E-state index in [2.05, 4.69) is 21.2 Å². The molecule has 0 amide bonds. The average Bonchev–Trinajstić information content (AvgIpc) is 2.46. The lowest BCUT2D eigenvalue weighted by Gasteiger charge is -2.10. The molecule has 2 aromatic carbocycles. The summed E-state index contributed by atoms with van der Waals surface area (Å²) in [5.74, 6) is -0.135. The molecule has 0 atom stereocenters. The number of methoxy groups -OCH3 is 1. The van der Waals surface area contributed by atoms with E-state index in [1.807, 2.05) is 0 Å². The largest absolute Gasteiger partial charge is 0.496 e. The van der Waals surface area contributed by atoms with E-state index in [9.17, 15) is 14.5 Å². The molecular formula is C14H12BrFN2O3. The molecule has 2 aromatic rings. The van der Waals surface area contributed by atoms with Crippen LogP contribution in [0.5, 0.6) is 5.75 Å². The third-order valence-corrected chi connectivity index (χ3v) is 3.51. The first-order chi connectivity index (χ1) is 10.0. The first-order valence-corrected chi connectivity index (χ1v) is 6.81. The van der Waals surface area contributed by atoms with Gasteiger partial charge in [0, 0.05) is 23.9 Å². The first kappa shape index (κ1) is 15.2. The monoisotopic (exact) mass is 354 g/mol. The zero-order chi connectivity index (χ0) is 15.4. The van der Waals surface area contributed by atoms with Gasteiger partial charge in [0.1, 0.15) is 5.75 Å². The Bertz CT molecular complexity index is 679. The molecular weight excluding hydrogens is 343 g/mol. The lowest BCUT2D eigenvalue weighted by Crippen LogP contribution is -2.04. The number of rotatable bonds is 5. The Morgan fingerprint density at radius 1 is 1.38 bits per heavy atom. The Kier molecular flexibility index (Phi) is 4.74. The molecule has 21 heavy (non-hydrogen) atoms. The van der Waals surface area contributed by atoms with Crippen molar-refractivity contribution in [2.75, 3.05) is 12.4 Å². The van der Waals surface area contributed by atoms with Crippen molar-refractivity contribution in [1.29, 1.82) is 0 Å². The fourth-order valence-electron chi connectivity index (χ4n) is 1.82. The average molecular weight is 355 g/mol. The van der Waals surface area contributed by atoms with Crippen molar-refractivity contribution in [3.63, 3.8) is 0 Å². The van der Waals surface area contributed by atoms with E-state index < -0.39 is 16.4 Å². The summed E-state index contributed by atoms with van der Waals surface area (Å²) in [4.78, 5) is 9.96. The number of nitro groups is 1. The number of halogens is 2. The molecule has 7 heteroatoms. The highest BCUT2D eigenvalue weighted by molar-refractivity contribution is 9.10. The predicted molar refractivity (Wildman–Crippen MR) is 81.1 cm³/mol. The van der Waals surface area contributed by atoms with E-state index >= 15 is 0 Å². The SMILES string of the molecule is COc1ccc(NCc2cccc([N+](=O)[O-])c2F)cc1Br. The van der Waals surface area contributed by atoms with Crippen molar-refractivity contribution < 1.29 is 14.1 Å². The summed E-state index contributed by atoms with van der Waals surface area (Å²) in [6.45, 7) is 0.145. The molecule has 0 aliphatic heterocycles. The molecule has 0 radical (unpaired) electrons. The van der Waals surface area contributed by atoms with E-state index in [0.717, 1.165) is 16.2 Å².